The molecule has 7 heteroatoms. The molecule has 3 rings (SSSR count). The molecule has 0 atom stereocenters. The second-order valence-electron chi connectivity index (χ2n) is 4.50. The lowest BCUT2D eigenvalue weighted by Gasteiger charge is -2.09. The maximum absolute atomic E-state index is 5.86. The van der Waals surface area contributed by atoms with Crippen LogP contribution in [-0.4, -0.2) is 14.8 Å². The summed E-state index contributed by atoms with van der Waals surface area (Å²) in [6.45, 7) is 0.296. The Kier molecular flexibility index (Phi) is 4.61. The fraction of sp³-hybridized carbons (Fsp3) is 0.0667. The van der Waals surface area contributed by atoms with Gasteiger partial charge < -0.3 is 4.74 Å². The number of hydrogen-bond acceptors (Lipinski definition) is 3. The number of hydrogen-bond donors (Lipinski definition) is 1. The van der Waals surface area contributed by atoms with Crippen molar-refractivity contribution in [1.82, 2.24) is 14.8 Å². The summed E-state index contributed by atoms with van der Waals surface area (Å²) in [6, 6.07) is 15.0. The van der Waals surface area contributed by atoms with Crippen molar-refractivity contribution in [3.63, 3.8) is 0 Å². The second kappa shape index (κ2) is 6.64. The molecule has 0 aliphatic rings. The van der Waals surface area contributed by atoms with E-state index in [1.165, 1.54) is 0 Å². The number of ether oxygens (including phenoxy) is 1. The van der Waals surface area contributed by atoms with E-state index in [1.54, 1.807) is 12.1 Å². The van der Waals surface area contributed by atoms with Crippen molar-refractivity contribution in [2.45, 2.75) is 6.61 Å². The van der Waals surface area contributed by atoms with Crippen LogP contribution in [0, 0.1) is 4.77 Å². The molecule has 1 heterocycles. The van der Waals surface area contributed by atoms with Gasteiger partial charge in [0.25, 0.3) is 0 Å². The number of rotatable bonds is 4. The predicted octanol–water partition coefficient (Wildman–Crippen LogP) is 4.92. The lowest BCUT2D eigenvalue weighted by atomic mass is 10.3. The molecule has 0 spiro atoms. The van der Waals surface area contributed by atoms with Crippen LogP contribution in [0.1, 0.15) is 5.82 Å². The van der Waals surface area contributed by atoms with Crippen LogP contribution in [0.3, 0.4) is 0 Å². The first-order valence-corrected chi connectivity index (χ1v) is 8.02. The van der Waals surface area contributed by atoms with E-state index >= 15 is 0 Å². The van der Waals surface area contributed by atoms with Crippen molar-refractivity contribution in [3.8, 4) is 11.4 Å². The second-order valence-corrected chi connectivity index (χ2v) is 6.24. The first-order chi connectivity index (χ1) is 10.6. The quantitative estimate of drug-likeness (QED) is 0.636. The van der Waals surface area contributed by atoms with Crippen LogP contribution in [0.2, 0.25) is 5.02 Å². The van der Waals surface area contributed by atoms with Gasteiger partial charge in [-0.1, -0.05) is 27.5 Å². The van der Waals surface area contributed by atoms with Gasteiger partial charge in [-0.2, -0.15) is 5.10 Å². The molecule has 1 aromatic heterocycles. The molecule has 2 aromatic carbocycles. The van der Waals surface area contributed by atoms with Crippen molar-refractivity contribution >= 4 is 39.7 Å². The maximum Gasteiger partial charge on any atom is 0.199 e. The predicted molar refractivity (Wildman–Crippen MR) is 92.2 cm³/mol. The molecule has 0 saturated carbocycles. The molecular weight excluding hydrogens is 386 g/mol. The third-order valence-corrected chi connectivity index (χ3v) is 4.06. The molecule has 0 unspecified atom stereocenters. The van der Waals surface area contributed by atoms with Crippen molar-refractivity contribution < 1.29 is 4.74 Å². The van der Waals surface area contributed by atoms with E-state index in [-0.39, 0.29) is 0 Å². The van der Waals surface area contributed by atoms with Crippen LogP contribution in [0.25, 0.3) is 5.69 Å². The molecule has 0 amide bonds. The van der Waals surface area contributed by atoms with E-state index in [4.69, 9.17) is 28.6 Å². The lowest BCUT2D eigenvalue weighted by Crippen LogP contribution is -2.05. The summed E-state index contributed by atoms with van der Waals surface area (Å²) in [5.74, 6) is 1.42. The van der Waals surface area contributed by atoms with E-state index in [9.17, 15) is 0 Å². The minimum atomic E-state index is 0.296. The third-order valence-electron chi connectivity index (χ3n) is 3.01. The summed E-state index contributed by atoms with van der Waals surface area (Å²) in [5, 5.41) is 7.70. The zero-order valence-corrected chi connectivity index (χ0v) is 14.5. The molecule has 0 radical (unpaired) electrons. The molecule has 22 heavy (non-hydrogen) atoms. The van der Waals surface area contributed by atoms with Gasteiger partial charge in [0.15, 0.2) is 10.6 Å². The van der Waals surface area contributed by atoms with Gasteiger partial charge in [0.1, 0.15) is 12.4 Å². The van der Waals surface area contributed by atoms with E-state index in [1.807, 2.05) is 41.0 Å². The Morgan fingerprint density at radius 2 is 1.82 bits per heavy atom. The molecule has 4 nitrogen and oxygen atoms in total. The summed E-state index contributed by atoms with van der Waals surface area (Å²) >= 11 is 14.6. The fourth-order valence-electron chi connectivity index (χ4n) is 1.96. The normalized spacial score (nSPS) is 10.6. The number of aromatic nitrogens is 3. The number of nitrogens with one attached hydrogen (secondary N) is 1. The van der Waals surface area contributed by atoms with Crippen molar-refractivity contribution in [2.24, 2.45) is 0 Å². The van der Waals surface area contributed by atoms with Gasteiger partial charge in [0.2, 0.25) is 0 Å². The molecule has 0 aliphatic heterocycles. The van der Waals surface area contributed by atoms with E-state index in [2.05, 4.69) is 26.1 Å². The monoisotopic (exact) mass is 395 g/mol. The first-order valence-electron chi connectivity index (χ1n) is 6.44. The average Bonchev–Trinajstić information content (AvgIpc) is 2.89. The third kappa shape index (κ3) is 3.40. The lowest BCUT2D eigenvalue weighted by molar-refractivity contribution is 0.293. The van der Waals surface area contributed by atoms with Gasteiger partial charge in [-0.25, -0.2) is 0 Å². The molecule has 112 valence electrons. The molecular formula is C15H11BrClN3OS. The Balaban J connectivity index is 1.84. The Morgan fingerprint density at radius 3 is 2.50 bits per heavy atom. The number of aromatic amines is 1. The summed E-state index contributed by atoms with van der Waals surface area (Å²) in [5.41, 5.74) is 0.927. The van der Waals surface area contributed by atoms with Crippen molar-refractivity contribution in [3.05, 3.63) is 68.6 Å². The van der Waals surface area contributed by atoms with Crippen molar-refractivity contribution in [1.29, 1.82) is 0 Å². The summed E-state index contributed by atoms with van der Waals surface area (Å²) in [4.78, 5) is 0. The van der Waals surface area contributed by atoms with Gasteiger partial charge in [0, 0.05) is 15.2 Å². The number of benzene rings is 2. The maximum atomic E-state index is 5.86. The molecule has 0 bridgehead atoms. The van der Waals surface area contributed by atoms with Crippen molar-refractivity contribution in [2.75, 3.05) is 0 Å². The molecule has 3 aromatic rings. The zero-order valence-electron chi connectivity index (χ0n) is 11.3. The highest BCUT2D eigenvalue weighted by Gasteiger charge is 2.09. The van der Waals surface area contributed by atoms with Gasteiger partial charge >= 0.3 is 0 Å². The van der Waals surface area contributed by atoms with E-state index < -0.39 is 0 Å². The highest BCUT2D eigenvalue weighted by molar-refractivity contribution is 9.10. The zero-order chi connectivity index (χ0) is 15.5. The number of nitrogens with zero attached hydrogens (tertiary/aromatic N) is 2. The van der Waals surface area contributed by atoms with E-state index in [0.717, 1.165) is 15.9 Å². The van der Waals surface area contributed by atoms with Crippen LogP contribution in [-0.2, 0) is 6.61 Å². The summed E-state index contributed by atoms with van der Waals surface area (Å²) in [6.07, 6.45) is 0. The average molecular weight is 397 g/mol. The number of halogens is 2. The Bertz CT molecular complexity index is 827. The molecule has 0 fully saturated rings. The van der Waals surface area contributed by atoms with Gasteiger partial charge in [-0.05, 0) is 60.7 Å². The van der Waals surface area contributed by atoms with Crippen LogP contribution in [0.5, 0.6) is 5.75 Å². The topological polar surface area (TPSA) is 42.8 Å². The van der Waals surface area contributed by atoms with Gasteiger partial charge in [-0.15, -0.1) is 0 Å². The van der Waals surface area contributed by atoms with Gasteiger partial charge in [0.05, 0.1) is 0 Å². The fourth-order valence-corrected chi connectivity index (χ4v) is 2.61. The Labute approximate surface area is 145 Å². The Morgan fingerprint density at radius 1 is 1.14 bits per heavy atom. The SMILES string of the molecule is S=c1[nH]nc(COc2ccc(Cl)cc2)n1-c1ccc(Br)cc1. The highest BCUT2D eigenvalue weighted by Crippen LogP contribution is 2.19. The van der Waals surface area contributed by atoms with Gasteiger partial charge in [-0.3, -0.25) is 9.67 Å². The van der Waals surface area contributed by atoms with E-state index in [0.29, 0.717) is 22.2 Å². The molecule has 0 saturated heterocycles. The molecule has 0 aliphatic carbocycles. The summed E-state index contributed by atoms with van der Waals surface area (Å²) in [7, 11) is 0. The van der Waals surface area contributed by atoms with Crippen LogP contribution in [0.15, 0.2) is 53.0 Å². The van der Waals surface area contributed by atoms with Crippen LogP contribution in [0.4, 0.5) is 0 Å². The number of H-pyrrole nitrogens is 1. The minimum Gasteiger partial charge on any atom is -0.486 e. The standard InChI is InChI=1S/C15H11BrClN3OS/c16-10-1-5-12(6-2-10)20-14(18-19-15(20)22)9-21-13-7-3-11(17)4-8-13/h1-8H,9H2,(H,19,22). The Hall–Kier alpha value is -1.63. The van der Waals surface area contributed by atoms with Crippen LogP contribution >= 0.6 is 39.7 Å². The molecule has 1 N–H and O–H groups in total. The first kappa shape index (κ1) is 15.3. The largest absolute Gasteiger partial charge is 0.486 e. The smallest absolute Gasteiger partial charge is 0.199 e. The minimum absolute atomic E-state index is 0.296. The van der Waals surface area contributed by atoms with Crippen LogP contribution < -0.4 is 4.74 Å². The summed E-state index contributed by atoms with van der Waals surface area (Å²) < 4.78 is 9.10. The highest BCUT2D eigenvalue weighted by atomic mass is 79.9.